The second kappa shape index (κ2) is 11.7. The van der Waals surface area contributed by atoms with Gasteiger partial charge in [-0.3, -0.25) is 5.10 Å². The second-order valence-corrected chi connectivity index (χ2v) is 7.83. The van der Waals surface area contributed by atoms with Gasteiger partial charge in [0.25, 0.3) is 0 Å². The van der Waals surface area contributed by atoms with Gasteiger partial charge >= 0.3 is 24.3 Å². The van der Waals surface area contributed by atoms with E-state index in [2.05, 4.69) is 34.6 Å². The molecule has 0 fully saturated rings. The molecule has 16 heteroatoms. The van der Waals surface area contributed by atoms with Crippen molar-refractivity contribution in [1.82, 2.24) is 20.2 Å². The summed E-state index contributed by atoms with van der Waals surface area (Å²) in [5.74, 6) is -4.13. The fourth-order valence-corrected chi connectivity index (χ4v) is 3.01. The number of aryl methyl sites for hydroxylation is 1. The van der Waals surface area contributed by atoms with E-state index in [4.69, 9.17) is 34.2 Å². The summed E-state index contributed by atoms with van der Waals surface area (Å²) in [6.07, 6.45) is -5.09. The van der Waals surface area contributed by atoms with Crippen molar-refractivity contribution >= 4 is 45.2 Å². The number of H-pyrrole nitrogens is 1. The number of anilines is 2. The second-order valence-electron chi connectivity index (χ2n) is 7.83. The lowest BCUT2D eigenvalue weighted by atomic mass is 10.1. The van der Waals surface area contributed by atoms with Gasteiger partial charge in [0, 0.05) is 16.5 Å². The largest absolute Gasteiger partial charge is 0.490 e. The molecule has 210 valence electrons. The highest BCUT2D eigenvalue weighted by Crippen LogP contribution is 2.29. The maximum atomic E-state index is 10.6. The Labute approximate surface area is 219 Å². The molecule has 0 radical (unpaired) electrons. The van der Waals surface area contributed by atoms with Gasteiger partial charge in [0.2, 0.25) is 0 Å². The van der Waals surface area contributed by atoms with Crippen LogP contribution in [0.1, 0.15) is 5.56 Å². The topological polar surface area (TPSA) is 154 Å². The number of nitrogens with zero attached hydrogens (tertiary/aromatic N) is 3. The normalized spacial score (nSPS) is 11.3. The third-order valence-electron chi connectivity index (χ3n) is 4.82. The molecule has 0 unspecified atom stereocenters. The average Bonchev–Trinajstić information content (AvgIpc) is 3.55. The van der Waals surface area contributed by atoms with E-state index in [1.807, 2.05) is 30.3 Å². The summed E-state index contributed by atoms with van der Waals surface area (Å²) in [5, 5.41) is 26.7. The van der Waals surface area contributed by atoms with Gasteiger partial charge in [-0.05, 0) is 48.9 Å². The molecule has 0 aliphatic heterocycles. The van der Waals surface area contributed by atoms with Gasteiger partial charge < -0.3 is 19.9 Å². The molecule has 5 rings (SSSR count). The Balaban J connectivity index is 0.000000263. The molecule has 0 atom stereocenters. The van der Waals surface area contributed by atoms with Crippen molar-refractivity contribution in [3.8, 4) is 11.4 Å². The molecule has 10 nitrogen and oxygen atoms in total. The summed E-state index contributed by atoms with van der Waals surface area (Å²) in [7, 11) is 0. The number of carboxylic acid groups (broad SMARTS) is 2. The highest BCUT2D eigenvalue weighted by atomic mass is 19.4. The molecule has 2 aromatic carbocycles. The monoisotopic (exact) mass is 569 g/mol. The Hall–Kier alpha value is -5.15. The minimum Gasteiger partial charge on any atom is -0.475 e. The van der Waals surface area contributed by atoms with Crippen molar-refractivity contribution in [2.45, 2.75) is 19.3 Å². The number of hydrogen-bond acceptors (Lipinski definition) is 7. The number of hydrogen-bond donors (Lipinski definition) is 4. The van der Waals surface area contributed by atoms with Crippen LogP contribution in [-0.4, -0.2) is 54.7 Å². The molecule has 0 bridgehead atoms. The number of fused-ring (bicyclic) bond motifs is 2. The van der Waals surface area contributed by atoms with E-state index in [9.17, 15) is 26.3 Å². The first-order chi connectivity index (χ1) is 18.6. The number of aliphatic carboxylic acids is 2. The van der Waals surface area contributed by atoms with Gasteiger partial charge in [-0.2, -0.15) is 31.4 Å². The van der Waals surface area contributed by atoms with Crippen molar-refractivity contribution in [3.05, 3.63) is 66.8 Å². The molecule has 0 amide bonds. The SMILES string of the molecule is Cc1ccc2c(Nc3ccc4[nH]ncc4c3)nc(-c3ccoc3)nc2c1.O=C(O)C(F)(F)F.O=C(O)C(F)(F)F. The summed E-state index contributed by atoms with van der Waals surface area (Å²) in [6, 6.07) is 14.1. The number of carbonyl (C=O) groups is 2. The van der Waals surface area contributed by atoms with Crippen molar-refractivity contribution in [2.24, 2.45) is 0 Å². The fourth-order valence-electron chi connectivity index (χ4n) is 3.01. The fraction of sp³-hybridized carbons (Fsp3) is 0.125. The lowest BCUT2D eigenvalue weighted by Crippen LogP contribution is -2.21. The number of nitrogens with one attached hydrogen (secondary N) is 2. The van der Waals surface area contributed by atoms with Crippen LogP contribution < -0.4 is 5.32 Å². The van der Waals surface area contributed by atoms with E-state index in [1.165, 1.54) is 0 Å². The first kappa shape index (κ1) is 29.4. The number of furan rings is 1. The standard InChI is InChI=1S/C20H15N5O.2C2HF3O2/c1-12-2-4-16-18(8-12)23-19(13-6-7-26-11-13)24-20(16)22-15-3-5-17-14(9-15)10-21-25-17;2*3-2(4,5)1(6)7/h2-11H,1H3,(H,21,25)(H,22,23,24);2*(H,6,7). The van der Waals surface area contributed by atoms with Crippen LogP contribution in [0.4, 0.5) is 37.8 Å². The molecule has 0 aliphatic rings. The molecule has 3 aromatic heterocycles. The lowest BCUT2D eigenvalue weighted by Gasteiger charge is -2.11. The van der Waals surface area contributed by atoms with Crippen LogP contribution in [0.5, 0.6) is 0 Å². The molecule has 0 saturated heterocycles. The van der Waals surface area contributed by atoms with E-state index in [0.717, 1.165) is 44.4 Å². The van der Waals surface area contributed by atoms with Crippen LogP contribution in [0.15, 0.2) is 65.6 Å². The minimum absolute atomic E-state index is 0.628. The number of carboxylic acids is 2. The molecular formula is C24H17F6N5O5. The number of benzene rings is 2. The van der Waals surface area contributed by atoms with Gasteiger partial charge in [0.05, 0.1) is 29.1 Å². The van der Waals surface area contributed by atoms with E-state index in [1.54, 1.807) is 18.7 Å². The van der Waals surface area contributed by atoms with Gasteiger partial charge in [-0.1, -0.05) is 6.07 Å². The molecule has 0 saturated carbocycles. The van der Waals surface area contributed by atoms with Crippen molar-refractivity contribution < 1.29 is 50.6 Å². The Bertz CT molecular complexity index is 1610. The summed E-state index contributed by atoms with van der Waals surface area (Å²) in [4.78, 5) is 27.2. The van der Waals surface area contributed by atoms with Crippen LogP contribution in [-0.2, 0) is 9.59 Å². The minimum atomic E-state index is -5.08. The summed E-state index contributed by atoms with van der Waals surface area (Å²) >= 11 is 0. The summed E-state index contributed by atoms with van der Waals surface area (Å²) < 4.78 is 68.7. The molecule has 0 spiro atoms. The highest BCUT2D eigenvalue weighted by Gasteiger charge is 2.38. The van der Waals surface area contributed by atoms with E-state index >= 15 is 0 Å². The Kier molecular flexibility index (Phi) is 8.61. The predicted molar refractivity (Wildman–Crippen MR) is 129 cm³/mol. The van der Waals surface area contributed by atoms with Crippen LogP contribution >= 0.6 is 0 Å². The zero-order valence-corrected chi connectivity index (χ0v) is 20.0. The molecule has 4 N–H and O–H groups in total. The quantitative estimate of drug-likeness (QED) is 0.189. The van der Waals surface area contributed by atoms with Crippen LogP contribution in [0.3, 0.4) is 0 Å². The first-order valence-corrected chi connectivity index (χ1v) is 10.8. The first-order valence-electron chi connectivity index (χ1n) is 10.8. The van der Waals surface area contributed by atoms with E-state index < -0.39 is 24.3 Å². The van der Waals surface area contributed by atoms with Gasteiger partial charge in [0.15, 0.2) is 5.82 Å². The van der Waals surface area contributed by atoms with E-state index in [-0.39, 0.29) is 0 Å². The van der Waals surface area contributed by atoms with Gasteiger partial charge in [-0.15, -0.1) is 0 Å². The van der Waals surface area contributed by atoms with Crippen LogP contribution in [0, 0.1) is 6.92 Å². The van der Waals surface area contributed by atoms with Crippen LogP contribution in [0.25, 0.3) is 33.2 Å². The number of aromatic nitrogens is 4. The van der Waals surface area contributed by atoms with E-state index in [0.29, 0.717) is 5.82 Å². The maximum absolute atomic E-state index is 10.6. The number of halogens is 6. The molecule has 3 heterocycles. The van der Waals surface area contributed by atoms with Crippen molar-refractivity contribution in [1.29, 1.82) is 0 Å². The number of rotatable bonds is 3. The third kappa shape index (κ3) is 7.68. The smallest absolute Gasteiger partial charge is 0.475 e. The van der Waals surface area contributed by atoms with Crippen molar-refractivity contribution in [3.63, 3.8) is 0 Å². The van der Waals surface area contributed by atoms with Gasteiger partial charge in [-0.25, -0.2) is 19.6 Å². The molecular weight excluding hydrogens is 552 g/mol. The molecule has 0 aliphatic carbocycles. The summed E-state index contributed by atoms with van der Waals surface area (Å²) in [6.45, 7) is 2.05. The summed E-state index contributed by atoms with van der Waals surface area (Å²) in [5.41, 5.74) is 4.83. The molecule has 40 heavy (non-hydrogen) atoms. The Morgan fingerprint density at radius 1 is 0.925 bits per heavy atom. The van der Waals surface area contributed by atoms with Gasteiger partial charge in [0.1, 0.15) is 12.1 Å². The Morgan fingerprint density at radius 2 is 1.57 bits per heavy atom. The number of alkyl halides is 6. The average molecular weight is 569 g/mol. The highest BCUT2D eigenvalue weighted by molar-refractivity contribution is 5.93. The Morgan fingerprint density at radius 3 is 2.15 bits per heavy atom. The lowest BCUT2D eigenvalue weighted by molar-refractivity contribution is -0.193. The number of aromatic amines is 1. The van der Waals surface area contributed by atoms with Crippen LogP contribution in [0.2, 0.25) is 0 Å². The van der Waals surface area contributed by atoms with Crippen molar-refractivity contribution in [2.75, 3.05) is 5.32 Å². The zero-order valence-electron chi connectivity index (χ0n) is 20.0. The maximum Gasteiger partial charge on any atom is 0.490 e. The zero-order chi connectivity index (χ0) is 29.7. The predicted octanol–water partition coefficient (Wildman–Crippen LogP) is 6.08. The molecule has 5 aromatic rings. The third-order valence-corrected chi connectivity index (χ3v) is 4.82.